The van der Waals surface area contributed by atoms with Crippen LogP contribution in [0.15, 0.2) is 60.7 Å². The summed E-state index contributed by atoms with van der Waals surface area (Å²) in [4.78, 5) is 0. The highest BCUT2D eigenvalue weighted by Crippen LogP contribution is 2.18. The summed E-state index contributed by atoms with van der Waals surface area (Å²) >= 11 is 0. The lowest BCUT2D eigenvalue weighted by molar-refractivity contribution is 0.132. The van der Waals surface area contributed by atoms with Crippen LogP contribution in [-0.4, -0.2) is 21.3 Å². The van der Waals surface area contributed by atoms with Crippen molar-refractivity contribution in [3.63, 3.8) is 0 Å². The maximum Gasteiger partial charge on any atom is 0.407 e. The van der Waals surface area contributed by atoms with E-state index in [1.165, 1.54) is 107 Å². The lowest BCUT2D eigenvalue weighted by Gasteiger charge is -2.34. The molecule has 0 saturated carbocycles. The molecule has 0 radical (unpaired) electrons. The first kappa shape index (κ1) is 31.8. The van der Waals surface area contributed by atoms with Gasteiger partial charge in [0, 0.05) is 12.7 Å². The van der Waals surface area contributed by atoms with Crippen LogP contribution in [0.4, 0.5) is 0 Å². The van der Waals surface area contributed by atoms with Crippen LogP contribution in [-0.2, 0) is 8.85 Å². The minimum Gasteiger partial charge on any atom is -0.388 e. The van der Waals surface area contributed by atoms with Crippen LogP contribution in [0.1, 0.15) is 130 Å². The van der Waals surface area contributed by atoms with E-state index in [2.05, 4.69) is 81.4 Å². The molecule has 2 aromatic carbocycles. The van der Waals surface area contributed by atoms with Crippen LogP contribution < -0.4 is 10.4 Å². The van der Waals surface area contributed by atoms with E-state index in [9.17, 15) is 0 Å². The summed E-state index contributed by atoms with van der Waals surface area (Å²) in [6.07, 6.45) is 22.6. The third-order valence-corrected chi connectivity index (χ3v) is 11.0. The summed E-state index contributed by atoms with van der Waals surface area (Å²) < 4.78 is 14.0. The van der Waals surface area contributed by atoms with Gasteiger partial charge in [0.1, 0.15) is 0 Å². The van der Waals surface area contributed by atoms with Gasteiger partial charge >= 0.3 is 8.56 Å². The van der Waals surface area contributed by atoms with Gasteiger partial charge in [-0.15, -0.1) is 0 Å². The van der Waals surface area contributed by atoms with Gasteiger partial charge in [0.25, 0.3) is 0 Å². The monoisotopic (exact) mass is 524 g/mol. The van der Waals surface area contributed by atoms with Gasteiger partial charge < -0.3 is 8.85 Å². The molecule has 0 heterocycles. The van der Waals surface area contributed by atoms with E-state index in [4.69, 9.17) is 8.85 Å². The predicted octanol–water partition coefficient (Wildman–Crippen LogP) is 9.34. The van der Waals surface area contributed by atoms with Crippen molar-refractivity contribution in [1.29, 1.82) is 0 Å². The third-order valence-electron chi connectivity index (χ3n) is 7.44. The third kappa shape index (κ3) is 12.8. The molecule has 37 heavy (non-hydrogen) atoms. The fraction of sp³-hybridized carbons (Fsp3) is 0.647. The smallest absolute Gasteiger partial charge is 0.388 e. The van der Waals surface area contributed by atoms with Crippen molar-refractivity contribution in [1.82, 2.24) is 0 Å². The summed E-state index contributed by atoms with van der Waals surface area (Å²) in [7, 11) is -2.79. The number of benzene rings is 2. The van der Waals surface area contributed by atoms with Crippen LogP contribution in [0.3, 0.4) is 0 Å². The van der Waals surface area contributed by atoms with E-state index >= 15 is 0 Å². The number of rotatable bonds is 23. The van der Waals surface area contributed by atoms with Crippen LogP contribution in [0.2, 0.25) is 0 Å². The van der Waals surface area contributed by atoms with Crippen LogP contribution in [0, 0.1) is 0 Å². The molecule has 0 fully saturated rings. The van der Waals surface area contributed by atoms with Crippen molar-refractivity contribution >= 4 is 18.9 Å². The second kappa shape index (κ2) is 20.5. The van der Waals surface area contributed by atoms with Gasteiger partial charge in [-0.1, -0.05) is 171 Å². The van der Waals surface area contributed by atoms with E-state index in [0.717, 1.165) is 19.4 Å². The first-order valence-electron chi connectivity index (χ1n) is 15.7. The van der Waals surface area contributed by atoms with Crippen LogP contribution >= 0.6 is 0 Å². The summed E-state index contributed by atoms with van der Waals surface area (Å²) in [6.45, 7) is 7.60. The average Bonchev–Trinajstić information content (AvgIpc) is 2.94. The fourth-order valence-electron chi connectivity index (χ4n) is 5.18. The highest BCUT2D eigenvalue weighted by molar-refractivity contribution is 6.92. The lowest BCUT2D eigenvalue weighted by Crippen LogP contribution is -2.64. The lowest BCUT2D eigenvalue weighted by atomic mass is 10.1. The van der Waals surface area contributed by atoms with Gasteiger partial charge in [0.2, 0.25) is 0 Å². The van der Waals surface area contributed by atoms with E-state index in [1.54, 1.807) is 0 Å². The molecule has 208 valence electrons. The van der Waals surface area contributed by atoms with E-state index in [0.29, 0.717) is 0 Å². The number of hydrogen-bond donors (Lipinski definition) is 0. The zero-order valence-corrected chi connectivity index (χ0v) is 25.4. The summed E-state index contributed by atoms with van der Waals surface area (Å²) in [6, 6.07) is 21.6. The molecule has 2 rings (SSSR count). The topological polar surface area (TPSA) is 18.5 Å². The van der Waals surface area contributed by atoms with Gasteiger partial charge in [-0.25, -0.2) is 0 Å². The Hall–Kier alpha value is -1.42. The first-order valence-corrected chi connectivity index (χ1v) is 17.5. The average molecular weight is 525 g/mol. The zero-order valence-electron chi connectivity index (χ0n) is 24.4. The maximum atomic E-state index is 7.05. The second-order valence-corrected chi connectivity index (χ2v) is 13.8. The Labute approximate surface area is 230 Å². The van der Waals surface area contributed by atoms with Crippen molar-refractivity contribution in [2.45, 2.75) is 136 Å². The molecule has 0 aliphatic carbocycles. The molecular weight excluding hydrogens is 468 g/mol. The standard InChI is InChI=1S/C34H56O2Si/c1-4-6-8-10-12-13-14-15-17-25-31-35-37(33-27-21-18-22-28-33,34-29-23-19-24-30-34)36-32(3)26-20-16-11-9-7-5-2/h18-19,21-24,27-30,32H,4-17,20,25-26,31H2,1-3H3. The molecule has 0 aliphatic heterocycles. The molecule has 2 nitrogen and oxygen atoms in total. The van der Waals surface area contributed by atoms with Crippen molar-refractivity contribution in [2.75, 3.05) is 6.61 Å². The molecule has 3 heteroatoms. The summed E-state index contributed by atoms with van der Waals surface area (Å²) in [5.74, 6) is 0. The Morgan fingerprint density at radius 1 is 0.541 bits per heavy atom. The number of unbranched alkanes of at least 4 members (excludes halogenated alkanes) is 14. The van der Waals surface area contributed by atoms with Gasteiger partial charge in [-0.3, -0.25) is 0 Å². The van der Waals surface area contributed by atoms with Gasteiger partial charge in [0.05, 0.1) is 0 Å². The van der Waals surface area contributed by atoms with Gasteiger partial charge in [0.15, 0.2) is 0 Å². The molecule has 0 bridgehead atoms. The second-order valence-electron chi connectivity index (χ2n) is 10.9. The Kier molecular flexibility index (Phi) is 17.6. The molecule has 1 unspecified atom stereocenters. The zero-order chi connectivity index (χ0) is 26.4. The maximum absolute atomic E-state index is 7.05. The van der Waals surface area contributed by atoms with Crippen molar-refractivity contribution < 1.29 is 8.85 Å². The van der Waals surface area contributed by atoms with Crippen molar-refractivity contribution in [2.24, 2.45) is 0 Å². The molecule has 0 aromatic heterocycles. The van der Waals surface area contributed by atoms with Crippen LogP contribution in [0.5, 0.6) is 0 Å². The number of hydrogen-bond acceptors (Lipinski definition) is 2. The van der Waals surface area contributed by atoms with Gasteiger partial charge in [-0.05, 0) is 30.1 Å². The molecule has 0 saturated heterocycles. The predicted molar refractivity (Wildman–Crippen MR) is 164 cm³/mol. The van der Waals surface area contributed by atoms with Crippen LogP contribution in [0.25, 0.3) is 0 Å². The Balaban J connectivity index is 1.95. The largest absolute Gasteiger partial charge is 0.407 e. The quantitative estimate of drug-likeness (QED) is 0.106. The van der Waals surface area contributed by atoms with Crippen molar-refractivity contribution in [3.05, 3.63) is 60.7 Å². The van der Waals surface area contributed by atoms with Gasteiger partial charge in [-0.2, -0.15) is 0 Å². The molecule has 2 aromatic rings. The Morgan fingerprint density at radius 3 is 1.41 bits per heavy atom. The highest BCUT2D eigenvalue weighted by Gasteiger charge is 2.43. The van der Waals surface area contributed by atoms with E-state index in [-0.39, 0.29) is 6.10 Å². The van der Waals surface area contributed by atoms with Crippen molar-refractivity contribution in [3.8, 4) is 0 Å². The molecule has 1 atom stereocenters. The normalized spacial score (nSPS) is 12.6. The minimum atomic E-state index is -2.79. The molecule has 0 amide bonds. The molecule has 0 aliphatic rings. The SMILES string of the molecule is CCCCCCCCCCCCO[Si](OC(C)CCCCCCCC)(c1ccccc1)c1ccccc1. The van der Waals surface area contributed by atoms with E-state index < -0.39 is 8.56 Å². The van der Waals surface area contributed by atoms with E-state index in [1.807, 2.05) is 0 Å². The highest BCUT2D eigenvalue weighted by atomic mass is 28.4. The Bertz CT molecular complexity index is 724. The fourth-order valence-corrected chi connectivity index (χ4v) is 8.56. The first-order chi connectivity index (χ1) is 18.2. The minimum absolute atomic E-state index is 0.186. The Morgan fingerprint density at radius 2 is 0.946 bits per heavy atom. The molecule has 0 spiro atoms. The summed E-state index contributed by atoms with van der Waals surface area (Å²) in [5, 5.41) is 2.45. The summed E-state index contributed by atoms with van der Waals surface area (Å²) in [5.41, 5.74) is 0. The molecular formula is C34H56O2Si. The molecule has 0 N–H and O–H groups in total.